The minimum absolute atomic E-state index is 0.161. The molecule has 1 aliphatic heterocycles. The lowest BCUT2D eigenvalue weighted by atomic mass is 9.96. The number of rotatable bonds is 1. The molecule has 88 valence electrons. The molecule has 0 N–H and O–H groups in total. The number of fused-ring (bicyclic) bond motifs is 1. The quantitative estimate of drug-likeness (QED) is 0.711. The molecular formula is C14H21NO. The van der Waals surface area contributed by atoms with Gasteiger partial charge in [0.05, 0.1) is 0 Å². The van der Waals surface area contributed by atoms with Gasteiger partial charge in [-0.15, -0.1) is 0 Å². The van der Waals surface area contributed by atoms with E-state index in [0.29, 0.717) is 0 Å². The summed E-state index contributed by atoms with van der Waals surface area (Å²) in [6.07, 6.45) is 2.03. The smallest absolute Gasteiger partial charge is 0.253 e. The van der Waals surface area contributed by atoms with Crippen LogP contribution in [0.5, 0.6) is 0 Å². The van der Waals surface area contributed by atoms with Gasteiger partial charge in [0.2, 0.25) is 0 Å². The zero-order valence-electron chi connectivity index (χ0n) is 10.7. The van der Waals surface area contributed by atoms with Gasteiger partial charge in [0.1, 0.15) is 0 Å². The van der Waals surface area contributed by atoms with E-state index < -0.39 is 0 Å². The van der Waals surface area contributed by atoms with Crippen LogP contribution in [0, 0.1) is 0 Å². The lowest BCUT2D eigenvalue weighted by Crippen LogP contribution is -2.34. The Balaban J connectivity index is 0.000000606. The highest BCUT2D eigenvalue weighted by molar-refractivity contribution is 5.96. The van der Waals surface area contributed by atoms with Crippen LogP contribution in [-0.2, 0) is 12.8 Å². The summed E-state index contributed by atoms with van der Waals surface area (Å²) in [5.74, 6) is 0.161. The number of hydrogen-bond acceptors (Lipinski definition) is 1. The number of likely N-dealkylation sites (N-methyl/N-ethyl adjacent to an activating group) is 1. The van der Waals surface area contributed by atoms with Crippen molar-refractivity contribution in [2.45, 2.75) is 33.6 Å². The standard InChI is InChI=1S/C12H15NO.C2H6/c1-3-9-4-5-11-10(8-9)6-7-13(2)12(11)14;1-2/h4-5,8H,3,6-7H2,1-2H3;1-2H3. The lowest BCUT2D eigenvalue weighted by molar-refractivity contribution is 0.0781. The Bertz CT molecular complexity index is 371. The maximum absolute atomic E-state index is 11.7. The summed E-state index contributed by atoms with van der Waals surface area (Å²) in [6.45, 7) is 6.98. The topological polar surface area (TPSA) is 20.3 Å². The van der Waals surface area contributed by atoms with Crippen LogP contribution in [0.2, 0.25) is 0 Å². The van der Waals surface area contributed by atoms with E-state index in [1.54, 1.807) is 4.90 Å². The number of aryl methyl sites for hydroxylation is 1. The molecule has 0 fully saturated rings. The molecule has 0 radical (unpaired) electrons. The van der Waals surface area contributed by atoms with Crippen LogP contribution in [0.15, 0.2) is 18.2 Å². The van der Waals surface area contributed by atoms with E-state index in [2.05, 4.69) is 19.1 Å². The predicted molar refractivity (Wildman–Crippen MR) is 67.8 cm³/mol. The van der Waals surface area contributed by atoms with Crippen molar-refractivity contribution < 1.29 is 4.79 Å². The molecule has 1 aliphatic rings. The van der Waals surface area contributed by atoms with Crippen molar-refractivity contribution in [1.82, 2.24) is 4.90 Å². The molecule has 2 nitrogen and oxygen atoms in total. The summed E-state index contributed by atoms with van der Waals surface area (Å²) in [7, 11) is 1.86. The van der Waals surface area contributed by atoms with Crippen molar-refractivity contribution in [2.75, 3.05) is 13.6 Å². The number of carbonyl (C=O) groups is 1. The summed E-state index contributed by atoms with van der Waals surface area (Å²) in [6, 6.07) is 6.18. The van der Waals surface area contributed by atoms with Crippen molar-refractivity contribution in [3.8, 4) is 0 Å². The van der Waals surface area contributed by atoms with Gasteiger partial charge in [0.25, 0.3) is 5.91 Å². The van der Waals surface area contributed by atoms with E-state index in [9.17, 15) is 4.79 Å². The molecule has 0 spiro atoms. The second-order valence-electron chi connectivity index (χ2n) is 3.82. The summed E-state index contributed by atoms with van der Waals surface area (Å²) in [4.78, 5) is 13.5. The van der Waals surface area contributed by atoms with Gasteiger partial charge in [-0.1, -0.05) is 32.9 Å². The molecule has 2 rings (SSSR count). The molecule has 16 heavy (non-hydrogen) atoms. The summed E-state index contributed by atoms with van der Waals surface area (Å²) in [5.41, 5.74) is 3.42. The van der Waals surface area contributed by atoms with Crippen LogP contribution >= 0.6 is 0 Å². The summed E-state index contributed by atoms with van der Waals surface area (Å²) in [5, 5.41) is 0. The highest BCUT2D eigenvalue weighted by atomic mass is 16.2. The largest absolute Gasteiger partial charge is 0.341 e. The number of amides is 1. The lowest BCUT2D eigenvalue weighted by Gasteiger charge is -2.25. The monoisotopic (exact) mass is 219 g/mol. The second-order valence-corrected chi connectivity index (χ2v) is 3.82. The molecular weight excluding hydrogens is 198 g/mol. The van der Waals surface area contributed by atoms with Crippen LogP contribution < -0.4 is 0 Å². The first-order valence-electron chi connectivity index (χ1n) is 6.09. The van der Waals surface area contributed by atoms with Crippen LogP contribution in [0.1, 0.15) is 42.3 Å². The molecule has 0 saturated heterocycles. The van der Waals surface area contributed by atoms with Gasteiger partial charge in [-0.2, -0.15) is 0 Å². The molecule has 0 atom stereocenters. The number of carbonyl (C=O) groups excluding carboxylic acids is 1. The molecule has 0 unspecified atom stereocenters. The Morgan fingerprint density at radius 2 is 2.00 bits per heavy atom. The average molecular weight is 219 g/mol. The molecule has 0 bridgehead atoms. The number of benzene rings is 1. The Morgan fingerprint density at radius 1 is 1.31 bits per heavy atom. The first kappa shape index (κ1) is 12.8. The van der Waals surface area contributed by atoms with E-state index >= 15 is 0 Å². The van der Waals surface area contributed by atoms with E-state index in [0.717, 1.165) is 24.9 Å². The predicted octanol–water partition coefficient (Wildman–Crippen LogP) is 2.90. The van der Waals surface area contributed by atoms with Gasteiger partial charge in [-0.3, -0.25) is 4.79 Å². The summed E-state index contributed by atoms with van der Waals surface area (Å²) >= 11 is 0. The van der Waals surface area contributed by atoms with Gasteiger partial charge < -0.3 is 4.90 Å². The van der Waals surface area contributed by atoms with E-state index in [1.165, 1.54) is 11.1 Å². The molecule has 1 aromatic carbocycles. The number of hydrogen-bond donors (Lipinski definition) is 0. The van der Waals surface area contributed by atoms with Gasteiger partial charge in [-0.05, 0) is 30.0 Å². The average Bonchev–Trinajstić information content (AvgIpc) is 2.36. The summed E-state index contributed by atoms with van der Waals surface area (Å²) < 4.78 is 0. The maximum Gasteiger partial charge on any atom is 0.253 e. The van der Waals surface area contributed by atoms with Gasteiger partial charge in [-0.25, -0.2) is 0 Å². The maximum atomic E-state index is 11.7. The van der Waals surface area contributed by atoms with E-state index in [1.807, 2.05) is 27.0 Å². The van der Waals surface area contributed by atoms with Crippen molar-refractivity contribution in [2.24, 2.45) is 0 Å². The first-order chi connectivity index (χ1) is 7.72. The molecule has 1 heterocycles. The van der Waals surface area contributed by atoms with Crippen LogP contribution in [0.4, 0.5) is 0 Å². The highest BCUT2D eigenvalue weighted by Gasteiger charge is 2.20. The SMILES string of the molecule is CC.CCc1ccc2c(c1)CCN(C)C2=O. The third-order valence-corrected chi connectivity index (χ3v) is 2.87. The molecule has 0 aromatic heterocycles. The van der Waals surface area contributed by atoms with Gasteiger partial charge >= 0.3 is 0 Å². The Morgan fingerprint density at radius 3 is 2.62 bits per heavy atom. The minimum atomic E-state index is 0.161. The Labute approximate surface area is 98.3 Å². The molecule has 1 amide bonds. The van der Waals surface area contributed by atoms with E-state index in [4.69, 9.17) is 0 Å². The van der Waals surface area contributed by atoms with Crippen molar-refractivity contribution >= 4 is 5.91 Å². The van der Waals surface area contributed by atoms with Crippen LogP contribution in [0.25, 0.3) is 0 Å². The van der Waals surface area contributed by atoms with Gasteiger partial charge in [0.15, 0.2) is 0 Å². The Kier molecular flexibility index (Phi) is 4.53. The third-order valence-electron chi connectivity index (χ3n) is 2.87. The van der Waals surface area contributed by atoms with Crippen molar-refractivity contribution in [3.63, 3.8) is 0 Å². The highest BCUT2D eigenvalue weighted by Crippen LogP contribution is 2.19. The zero-order chi connectivity index (χ0) is 12.1. The molecule has 0 saturated carbocycles. The fourth-order valence-corrected chi connectivity index (χ4v) is 1.88. The van der Waals surface area contributed by atoms with Crippen LogP contribution in [-0.4, -0.2) is 24.4 Å². The zero-order valence-corrected chi connectivity index (χ0v) is 10.7. The first-order valence-corrected chi connectivity index (χ1v) is 6.09. The van der Waals surface area contributed by atoms with Crippen molar-refractivity contribution in [3.05, 3.63) is 34.9 Å². The second kappa shape index (κ2) is 5.69. The fraction of sp³-hybridized carbons (Fsp3) is 0.500. The molecule has 1 aromatic rings. The number of nitrogens with zero attached hydrogens (tertiary/aromatic N) is 1. The van der Waals surface area contributed by atoms with Crippen molar-refractivity contribution in [1.29, 1.82) is 0 Å². The minimum Gasteiger partial charge on any atom is -0.341 e. The van der Waals surface area contributed by atoms with Gasteiger partial charge in [0, 0.05) is 19.2 Å². The molecule has 0 aliphatic carbocycles. The van der Waals surface area contributed by atoms with E-state index in [-0.39, 0.29) is 5.91 Å². The molecule has 2 heteroatoms. The third kappa shape index (κ3) is 2.43. The van der Waals surface area contributed by atoms with Crippen LogP contribution in [0.3, 0.4) is 0 Å². The normalized spacial score (nSPS) is 14.0. The Hall–Kier alpha value is -1.31. The fourth-order valence-electron chi connectivity index (χ4n) is 1.88.